The van der Waals surface area contributed by atoms with E-state index >= 15 is 0 Å². The van der Waals surface area contributed by atoms with E-state index in [9.17, 15) is 8.78 Å². The molecule has 1 atom stereocenters. The molecule has 0 aliphatic carbocycles. The van der Waals surface area contributed by atoms with Gasteiger partial charge in [-0.05, 0) is 43.4 Å². The van der Waals surface area contributed by atoms with E-state index in [2.05, 4.69) is 43.4 Å². The van der Waals surface area contributed by atoms with Gasteiger partial charge >= 0.3 is 0 Å². The molecule has 0 bridgehead atoms. The molecule has 1 aromatic rings. The fourth-order valence-electron chi connectivity index (χ4n) is 2.22. The van der Waals surface area contributed by atoms with Crippen molar-refractivity contribution in [3.63, 3.8) is 0 Å². The van der Waals surface area contributed by atoms with Crippen LogP contribution in [0.25, 0.3) is 0 Å². The van der Waals surface area contributed by atoms with Crippen LogP contribution >= 0.6 is 0 Å². The first kappa shape index (κ1) is 18.1. The fraction of sp³-hybridized carbons (Fsp3) is 0.647. The predicted octanol–water partition coefficient (Wildman–Crippen LogP) is 3.83. The highest BCUT2D eigenvalue weighted by atomic mass is 19.3. The zero-order chi connectivity index (χ0) is 15.5. The molecule has 0 aliphatic rings. The van der Waals surface area contributed by atoms with Crippen molar-refractivity contribution in [3.05, 3.63) is 35.4 Å². The number of ether oxygens (including phenoxy) is 1. The van der Waals surface area contributed by atoms with E-state index in [0.717, 1.165) is 32.2 Å². The van der Waals surface area contributed by atoms with Crippen LogP contribution in [-0.4, -0.2) is 32.2 Å². The van der Waals surface area contributed by atoms with Crippen LogP contribution in [0.3, 0.4) is 0 Å². The topological polar surface area (TPSA) is 21.3 Å². The molecule has 2 nitrogen and oxygen atoms in total. The third-order valence-corrected chi connectivity index (χ3v) is 3.45. The van der Waals surface area contributed by atoms with Crippen molar-refractivity contribution in [1.82, 2.24) is 5.32 Å². The normalized spacial score (nSPS) is 12.8. The molecule has 0 radical (unpaired) electrons. The first-order valence-corrected chi connectivity index (χ1v) is 7.82. The minimum absolute atomic E-state index is 0.273. The zero-order valence-corrected chi connectivity index (χ0v) is 13.1. The van der Waals surface area contributed by atoms with Gasteiger partial charge in [-0.3, -0.25) is 0 Å². The second kappa shape index (κ2) is 10.7. The second-order valence-electron chi connectivity index (χ2n) is 5.28. The van der Waals surface area contributed by atoms with Gasteiger partial charge < -0.3 is 10.1 Å². The molecule has 0 aliphatic heterocycles. The van der Waals surface area contributed by atoms with E-state index in [0.29, 0.717) is 6.61 Å². The van der Waals surface area contributed by atoms with Crippen molar-refractivity contribution in [1.29, 1.82) is 0 Å². The third-order valence-electron chi connectivity index (χ3n) is 3.45. The minimum atomic E-state index is -2.38. The summed E-state index contributed by atoms with van der Waals surface area (Å²) in [5, 5.41) is 3.47. The van der Waals surface area contributed by atoms with Crippen LogP contribution in [0.5, 0.6) is 0 Å². The quantitative estimate of drug-likeness (QED) is 0.627. The average Bonchev–Trinajstić information content (AvgIpc) is 2.49. The molecule has 0 spiro atoms. The smallest absolute Gasteiger partial charge is 0.261 e. The number of hydrogen-bond donors (Lipinski definition) is 1. The maximum absolute atomic E-state index is 12.0. The van der Waals surface area contributed by atoms with E-state index in [1.54, 1.807) is 0 Å². The van der Waals surface area contributed by atoms with E-state index in [1.807, 2.05) is 0 Å². The lowest BCUT2D eigenvalue weighted by Crippen LogP contribution is -2.33. The van der Waals surface area contributed by atoms with Gasteiger partial charge in [0.05, 0.1) is 0 Å². The molecule has 0 heterocycles. The Morgan fingerprint density at radius 3 is 2.33 bits per heavy atom. The van der Waals surface area contributed by atoms with Gasteiger partial charge in [0.25, 0.3) is 6.43 Å². The van der Waals surface area contributed by atoms with Crippen molar-refractivity contribution in [2.45, 2.75) is 52.0 Å². The Labute approximate surface area is 126 Å². The van der Waals surface area contributed by atoms with Crippen LogP contribution < -0.4 is 5.32 Å². The molecule has 4 heteroatoms. The standard InChI is InChI=1S/C17H27F2NO/c1-3-10-20-16(9-11-21-13-17(18)19)12-15-7-5-14(4-2)6-8-15/h5-8,16-17,20H,3-4,9-13H2,1-2H3. The number of hydrogen-bond acceptors (Lipinski definition) is 2. The molecule has 0 amide bonds. The summed E-state index contributed by atoms with van der Waals surface area (Å²) in [5.41, 5.74) is 2.60. The monoisotopic (exact) mass is 299 g/mol. The van der Waals surface area contributed by atoms with Gasteiger partial charge in [0.2, 0.25) is 0 Å². The number of nitrogens with one attached hydrogen (secondary N) is 1. The van der Waals surface area contributed by atoms with Gasteiger partial charge in [-0.25, -0.2) is 8.78 Å². The van der Waals surface area contributed by atoms with E-state index in [-0.39, 0.29) is 6.04 Å². The molecule has 1 N–H and O–H groups in total. The summed E-state index contributed by atoms with van der Waals surface area (Å²) < 4.78 is 29.1. The molecule has 21 heavy (non-hydrogen) atoms. The summed E-state index contributed by atoms with van der Waals surface area (Å²) in [6.45, 7) is 5.10. The molecule has 1 aromatic carbocycles. The number of rotatable bonds is 11. The third kappa shape index (κ3) is 8.12. The Bertz CT molecular complexity index is 368. The van der Waals surface area contributed by atoms with Crippen LogP contribution in [0.4, 0.5) is 8.78 Å². The number of benzene rings is 1. The van der Waals surface area contributed by atoms with Crippen molar-refractivity contribution >= 4 is 0 Å². The number of alkyl halides is 2. The van der Waals surface area contributed by atoms with Crippen molar-refractivity contribution in [2.75, 3.05) is 19.8 Å². The maximum Gasteiger partial charge on any atom is 0.261 e. The van der Waals surface area contributed by atoms with Crippen LogP contribution in [-0.2, 0) is 17.6 Å². The Morgan fingerprint density at radius 1 is 1.10 bits per heavy atom. The predicted molar refractivity (Wildman–Crippen MR) is 83.0 cm³/mol. The second-order valence-corrected chi connectivity index (χ2v) is 5.28. The van der Waals surface area contributed by atoms with Gasteiger partial charge in [0.1, 0.15) is 6.61 Å². The molecule has 0 fully saturated rings. The molecule has 0 saturated heterocycles. The van der Waals surface area contributed by atoms with Crippen molar-refractivity contribution in [3.8, 4) is 0 Å². The van der Waals surface area contributed by atoms with E-state index in [1.165, 1.54) is 11.1 Å². The van der Waals surface area contributed by atoms with Gasteiger partial charge in [-0.2, -0.15) is 0 Å². The van der Waals surface area contributed by atoms with Crippen LogP contribution in [0.1, 0.15) is 37.8 Å². The van der Waals surface area contributed by atoms with Crippen molar-refractivity contribution < 1.29 is 13.5 Å². The molecule has 1 rings (SSSR count). The molecular weight excluding hydrogens is 272 g/mol. The van der Waals surface area contributed by atoms with E-state index < -0.39 is 13.0 Å². The zero-order valence-electron chi connectivity index (χ0n) is 13.1. The largest absolute Gasteiger partial charge is 0.375 e. The summed E-state index contributed by atoms with van der Waals surface area (Å²) in [6, 6.07) is 8.88. The average molecular weight is 299 g/mol. The van der Waals surface area contributed by atoms with E-state index in [4.69, 9.17) is 4.74 Å². The molecular formula is C17H27F2NO. The van der Waals surface area contributed by atoms with Crippen LogP contribution in [0.15, 0.2) is 24.3 Å². The van der Waals surface area contributed by atoms with Gasteiger partial charge in [0, 0.05) is 12.6 Å². The lowest BCUT2D eigenvalue weighted by atomic mass is 10.0. The van der Waals surface area contributed by atoms with Gasteiger partial charge in [-0.1, -0.05) is 38.1 Å². The number of aryl methyl sites for hydroxylation is 1. The Kier molecular flexibility index (Phi) is 9.19. The lowest BCUT2D eigenvalue weighted by molar-refractivity contribution is 0.0144. The fourth-order valence-corrected chi connectivity index (χ4v) is 2.22. The minimum Gasteiger partial charge on any atom is -0.375 e. The summed E-state index contributed by atoms with van der Waals surface area (Å²) in [6.07, 6.45) is 1.38. The lowest BCUT2D eigenvalue weighted by Gasteiger charge is -2.19. The highest BCUT2D eigenvalue weighted by Gasteiger charge is 2.10. The van der Waals surface area contributed by atoms with Gasteiger partial charge in [-0.15, -0.1) is 0 Å². The van der Waals surface area contributed by atoms with Crippen LogP contribution in [0.2, 0.25) is 0 Å². The SMILES string of the molecule is CCCNC(CCOCC(F)F)Cc1ccc(CC)cc1. The Morgan fingerprint density at radius 2 is 1.76 bits per heavy atom. The molecule has 0 aromatic heterocycles. The highest BCUT2D eigenvalue weighted by molar-refractivity contribution is 5.23. The van der Waals surface area contributed by atoms with Gasteiger partial charge in [0.15, 0.2) is 0 Å². The number of halogens is 2. The molecule has 120 valence electrons. The Balaban J connectivity index is 2.43. The summed E-state index contributed by atoms with van der Waals surface area (Å²) in [5.74, 6) is 0. The first-order chi connectivity index (χ1) is 10.2. The Hall–Kier alpha value is -1.00. The summed E-state index contributed by atoms with van der Waals surface area (Å²) in [4.78, 5) is 0. The molecule has 0 saturated carbocycles. The summed E-state index contributed by atoms with van der Waals surface area (Å²) >= 11 is 0. The van der Waals surface area contributed by atoms with Crippen molar-refractivity contribution in [2.24, 2.45) is 0 Å². The summed E-state index contributed by atoms with van der Waals surface area (Å²) in [7, 11) is 0. The maximum atomic E-state index is 12.0. The van der Waals surface area contributed by atoms with Crippen LogP contribution in [0, 0.1) is 0 Å². The first-order valence-electron chi connectivity index (χ1n) is 7.82. The highest BCUT2D eigenvalue weighted by Crippen LogP contribution is 2.10. The molecule has 1 unspecified atom stereocenters.